The number of hydrogen-bond donors (Lipinski definition) is 0. The van der Waals surface area contributed by atoms with Crippen molar-refractivity contribution >= 4 is 23.2 Å². The van der Waals surface area contributed by atoms with Crippen LogP contribution in [-0.2, 0) is 14.4 Å². The highest BCUT2D eigenvalue weighted by atomic mass is 19.1. The molecule has 6 nitrogen and oxygen atoms in total. The molecule has 0 radical (unpaired) electrons. The molecule has 162 valence electrons. The van der Waals surface area contributed by atoms with Gasteiger partial charge < -0.3 is 4.74 Å². The van der Waals surface area contributed by atoms with Crippen LogP contribution in [0.1, 0.15) is 18.5 Å². The fourth-order valence-corrected chi connectivity index (χ4v) is 4.32. The average Bonchev–Trinajstić information content (AvgIpc) is 3.32. The Morgan fingerprint density at radius 1 is 0.875 bits per heavy atom. The predicted molar refractivity (Wildman–Crippen MR) is 117 cm³/mol. The first-order chi connectivity index (χ1) is 15.6. The van der Waals surface area contributed by atoms with E-state index in [1.165, 1.54) is 17.0 Å². The quantitative estimate of drug-likeness (QED) is 0.564. The number of carbonyl (C=O) groups excluding carboxylic acids is 2. The number of nitrogens with zero attached hydrogens (tertiary/aromatic N) is 2. The Morgan fingerprint density at radius 3 is 2.22 bits per heavy atom. The Balaban J connectivity index is 1.53. The molecule has 7 heteroatoms. The second kappa shape index (κ2) is 8.09. The number of carbonyl (C=O) groups is 2. The highest BCUT2D eigenvalue weighted by Crippen LogP contribution is 2.47. The van der Waals surface area contributed by atoms with Crippen LogP contribution in [0.3, 0.4) is 0 Å². The third kappa shape index (κ3) is 3.31. The van der Waals surface area contributed by atoms with Crippen molar-refractivity contribution in [1.82, 2.24) is 0 Å². The molecule has 3 atom stereocenters. The molecular formula is C25H21FN2O4. The van der Waals surface area contributed by atoms with E-state index in [1.807, 2.05) is 37.3 Å². The van der Waals surface area contributed by atoms with Gasteiger partial charge in [-0.2, -0.15) is 0 Å². The predicted octanol–water partition coefficient (Wildman–Crippen LogP) is 4.28. The van der Waals surface area contributed by atoms with Crippen LogP contribution in [0.25, 0.3) is 0 Å². The van der Waals surface area contributed by atoms with E-state index in [0.717, 1.165) is 0 Å². The number of amides is 2. The first kappa shape index (κ1) is 20.2. The first-order valence-corrected chi connectivity index (χ1v) is 10.5. The topological polar surface area (TPSA) is 59.1 Å². The summed E-state index contributed by atoms with van der Waals surface area (Å²) in [6, 6.07) is 21.4. The van der Waals surface area contributed by atoms with Crippen LogP contribution in [-0.4, -0.2) is 24.5 Å². The lowest BCUT2D eigenvalue weighted by Gasteiger charge is -2.28. The standard InChI is InChI=1S/C25H21FN2O4/c1-2-31-20-14-12-18(13-15-20)27-24(29)21-22(16-8-10-17(26)11-9-16)28(32-23(21)25(27)30)19-6-4-3-5-7-19/h3-15,21-23H,2H2,1H3. The minimum Gasteiger partial charge on any atom is -0.494 e. The van der Waals surface area contributed by atoms with Crippen molar-refractivity contribution in [2.24, 2.45) is 5.92 Å². The number of anilines is 2. The molecule has 2 heterocycles. The summed E-state index contributed by atoms with van der Waals surface area (Å²) in [5.41, 5.74) is 1.87. The van der Waals surface area contributed by atoms with Crippen molar-refractivity contribution < 1.29 is 23.6 Å². The normalized spacial score (nSPS) is 22.4. The number of halogens is 1. The van der Waals surface area contributed by atoms with Gasteiger partial charge in [-0.05, 0) is 61.0 Å². The zero-order valence-corrected chi connectivity index (χ0v) is 17.4. The van der Waals surface area contributed by atoms with Crippen molar-refractivity contribution in [2.45, 2.75) is 19.1 Å². The summed E-state index contributed by atoms with van der Waals surface area (Å²) in [6.45, 7) is 2.40. The molecule has 32 heavy (non-hydrogen) atoms. The second-order valence-electron chi connectivity index (χ2n) is 7.65. The molecule has 0 N–H and O–H groups in total. The molecule has 3 unspecified atom stereocenters. The summed E-state index contributed by atoms with van der Waals surface area (Å²) in [7, 11) is 0. The second-order valence-corrected chi connectivity index (χ2v) is 7.65. The highest BCUT2D eigenvalue weighted by molar-refractivity contribution is 6.23. The molecule has 3 aromatic carbocycles. The Labute approximate surface area is 184 Å². The summed E-state index contributed by atoms with van der Waals surface area (Å²) in [5, 5.41) is 1.59. The van der Waals surface area contributed by atoms with Gasteiger partial charge in [-0.25, -0.2) is 14.4 Å². The van der Waals surface area contributed by atoms with Crippen molar-refractivity contribution in [3.63, 3.8) is 0 Å². The van der Waals surface area contributed by atoms with Gasteiger partial charge in [-0.15, -0.1) is 0 Å². The maximum absolute atomic E-state index is 13.6. The number of ether oxygens (including phenoxy) is 1. The lowest BCUT2D eigenvalue weighted by Crippen LogP contribution is -2.37. The lowest BCUT2D eigenvalue weighted by molar-refractivity contribution is -0.126. The summed E-state index contributed by atoms with van der Waals surface area (Å²) in [4.78, 5) is 34.0. The van der Waals surface area contributed by atoms with Gasteiger partial charge in [0, 0.05) is 0 Å². The Bertz CT molecular complexity index is 1130. The lowest BCUT2D eigenvalue weighted by atomic mass is 9.90. The fourth-order valence-electron chi connectivity index (χ4n) is 4.32. The van der Waals surface area contributed by atoms with E-state index in [9.17, 15) is 14.0 Å². The van der Waals surface area contributed by atoms with Gasteiger partial charge in [0.2, 0.25) is 5.91 Å². The Hall–Kier alpha value is -3.71. The van der Waals surface area contributed by atoms with Crippen LogP contribution in [0.4, 0.5) is 15.8 Å². The molecule has 0 spiro atoms. The summed E-state index contributed by atoms with van der Waals surface area (Å²) >= 11 is 0. The minimum atomic E-state index is -0.968. The number of imide groups is 1. The van der Waals surface area contributed by atoms with Gasteiger partial charge in [0.05, 0.1) is 24.0 Å². The number of hydroxylamine groups is 1. The monoisotopic (exact) mass is 432 g/mol. The van der Waals surface area contributed by atoms with E-state index in [2.05, 4.69) is 0 Å². The van der Waals surface area contributed by atoms with Crippen LogP contribution < -0.4 is 14.7 Å². The molecule has 5 rings (SSSR count). The van der Waals surface area contributed by atoms with Gasteiger partial charge in [-0.1, -0.05) is 30.3 Å². The van der Waals surface area contributed by atoms with E-state index < -0.39 is 24.0 Å². The van der Waals surface area contributed by atoms with Gasteiger partial charge in [-0.3, -0.25) is 14.4 Å². The minimum absolute atomic E-state index is 0.350. The van der Waals surface area contributed by atoms with Crippen LogP contribution in [0, 0.1) is 11.7 Å². The third-order valence-electron chi connectivity index (χ3n) is 5.74. The molecule has 0 aromatic heterocycles. The van der Waals surface area contributed by atoms with Crippen molar-refractivity contribution in [3.8, 4) is 5.75 Å². The molecule has 3 aromatic rings. The fraction of sp³-hybridized carbons (Fsp3) is 0.200. The highest BCUT2D eigenvalue weighted by Gasteiger charge is 2.60. The SMILES string of the molecule is CCOc1ccc(N2C(=O)C3ON(c4ccccc4)C(c4ccc(F)cc4)C3C2=O)cc1. The molecule has 0 aliphatic carbocycles. The molecule has 0 bridgehead atoms. The molecule has 2 fully saturated rings. The maximum atomic E-state index is 13.6. The van der Waals surface area contributed by atoms with Gasteiger partial charge >= 0.3 is 0 Å². The molecule has 2 aliphatic rings. The van der Waals surface area contributed by atoms with Gasteiger partial charge in [0.1, 0.15) is 17.5 Å². The van der Waals surface area contributed by atoms with Gasteiger partial charge in [0.15, 0.2) is 6.10 Å². The van der Waals surface area contributed by atoms with E-state index in [4.69, 9.17) is 9.57 Å². The molecular weight excluding hydrogens is 411 g/mol. The van der Waals surface area contributed by atoms with E-state index >= 15 is 0 Å². The van der Waals surface area contributed by atoms with Crippen LogP contribution in [0.15, 0.2) is 78.9 Å². The van der Waals surface area contributed by atoms with E-state index in [1.54, 1.807) is 41.5 Å². The Morgan fingerprint density at radius 2 is 1.56 bits per heavy atom. The van der Waals surface area contributed by atoms with Crippen LogP contribution >= 0.6 is 0 Å². The molecule has 2 saturated heterocycles. The molecule has 2 amide bonds. The smallest absolute Gasteiger partial charge is 0.266 e. The number of benzene rings is 3. The maximum Gasteiger partial charge on any atom is 0.266 e. The molecule has 2 aliphatic heterocycles. The van der Waals surface area contributed by atoms with E-state index in [0.29, 0.717) is 29.3 Å². The van der Waals surface area contributed by atoms with Crippen molar-refractivity contribution in [2.75, 3.05) is 16.6 Å². The van der Waals surface area contributed by atoms with Crippen LogP contribution in [0.2, 0.25) is 0 Å². The largest absolute Gasteiger partial charge is 0.494 e. The number of hydrogen-bond acceptors (Lipinski definition) is 5. The summed E-state index contributed by atoms with van der Waals surface area (Å²) in [5.74, 6) is -1.25. The number of para-hydroxylation sites is 1. The Kier molecular flexibility index (Phi) is 5.11. The van der Waals surface area contributed by atoms with E-state index in [-0.39, 0.29) is 11.7 Å². The molecule has 0 saturated carbocycles. The first-order valence-electron chi connectivity index (χ1n) is 10.5. The average molecular weight is 432 g/mol. The number of rotatable bonds is 5. The zero-order valence-electron chi connectivity index (χ0n) is 17.4. The summed E-state index contributed by atoms with van der Waals surface area (Å²) < 4.78 is 19.0. The van der Waals surface area contributed by atoms with Gasteiger partial charge in [0.25, 0.3) is 5.91 Å². The third-order valence-corrected chi connectivity index (χ3v) is 5.74. The van der Waals surface area contributed by atoms with Crippen molar-refractivity contribution in [1.29, 1.82) is 0 Å². The number of fused-ring (bicyclic) bond motifs is 1. The van der Waals surface area contributed by atoms with Crippen molar-refractivity contribution in [3.05, 3.63) is 90.2 Å². The van der Waals surface area contributed by atoms with Crippen LogP contribution in [0.5, 0.6) is 5.75 Å². The zero-order chi connectivity index (χ0) is 22.2. The summed E-state index contributed by atoms with van der Waals surface area (Å²) in [6.07, 6.45) is -0.968.